The predicted octanol–water partition coefficient (Wildman–Crippen LogP) is 3.21. The number of aromatic nitrogens is 1. The maximum absolute atomic E-state index is 8.88. The van der Waals surface area contributed by atoms with Gasteiger partial charge in [0.25, 0.3) is 5.19 Å². The fraction of sp³-hybridized carbons (Fsp3) is 0.133. The summed E-state index contributed by atoms with van der Waals surface area (Å²) in [6.07, 6.45) is 0.653. The normalized spacial score (nSPS) is 10.8. The molecule has 0 bridgehead atoms. The van der Waals surface area contributed by atoms with Crippen molar-refractivity contribution in [1.82, 2.24) is 4.98 Å². The summed E-state index contributed by atoms with van der Waals surface area (Å²) in [5, 5.41) is 9.48. The van der Waals surface area contributed by atoms with Gasteiger partial charge in [-0.3, -0.25) is 0 Å². The largest absolute Gasteiger partial charge is 0.431 e. The molecule has 3 aromatic rings. The van der Waals surface area contributed by atoms with Gasteiger partial charge in [-0.25, -0.2) is 4.98 Å². The van der Waals surface area contributed by atoms with Crippen LogP contribution >= 0.6 is 11.3 Å². The molecule has 3 rings (SSSR count). The minimum Gasteiger partial charge on any atom is -0.431 e. The number of nitrogens with two attached hydrogens (primary N) is 1. The van der Waals surface area contributed by atoms with E-state index in [4.69, 9.17) is 15.6 Å². The Balaban J connectivity index is 1.81. The third kappa shape index (κ3) is 2.74. The molecule has 0 aliphatic carbocycles. The smallest absolute Gasteiger partial charge is 0.279 e. The van der Waals surface area contributed by atoms with Gasteiger partial charge in [-0.2, -0.15) is 0 Å². The summed E-state index contributed by atoms with van der Waals surface area (Å²) in [6.45, 7) is 0.152. The molecule has 4 nitrogen and oxygen atoms in total. The summed E-state index contributed by atoms with van der Waals surface area (Å²) in [5.41, 5.74) is 8.44. The molecule has 0 atom stereocenters. The second-order valence-electron chi connectivity index (χ2n) is 4.43. The summed E-state index contributed by atoms with van der Waals surface area (Å²) in [7, 11) is 0. The maximum Gasteiger partial charge on any atom is 0.279 e. The number of fused-ring (bicyclic) bond motifs is 1. The molecule has 20 heavy (non-hydrogen) atoms. The highest BCUT2D eigenvalue weighted by Crippen LogP contribution is 2.32. The number of aliphatic hydroxyl groups is 1. The van der Waals surface area contributed by atoms with E-state index in [1.165, 1.54) is 11.3 Å². The lowest BCUT2D eigenvalue weighted by Crippen LogP contribution is -1.90. The van der Waals surface area contributed by atoms with Crippen molar-refractivity contribution in [3.05, 3.63) is 48.0 Å². The molecule has 0 saturated heterocycles. The lowest BCUT2D eigenvalue weighted by Gasteiger charge is -2.02. The van der Waals surface area contributed by atoms with Crippen LogP contribution in [0, 0.1) is 0 Å². The first-order valence-electron chi connectivity index (χ1n) is 6.28. The molecule has 0 saturated carbocycles. The summed E-state index contributed by atoms with van der Waals surface area (Å²) in [6, 6.07) is 13.3. The summed E-state index contributed by atoms with van der Waals surface area (Å²) < 4.78 is 6.75. The molecule has 2 aromatic carbocycles. The van der Waals surface area contributed by atoms with Crippen LogP contribution in [0.5, 0.6) is 10.9 Å². The van der Waals surface area contributed by atoms with Gasteiger partial charge in [-0.15, -0.1) is 0 Å². The zero-order chi connectivity index (χ0) is 13.9. The van der Waals surface area contributed by atoms with Crippen LogP contribution in [0.25, 0.3) is 10.2 Å². The molecule has 0 aliphatic heterocycles. The molecule has 3 N–H and O–H groups in total. The molecule has 0 radical (unpaired) electrons. The molecule has 5 heteroatoms. The van der Waals surface area contributed by atoms with E-state index in [0.29, 0.717) is 11.6 Å². The monoisotopic (exact) mass is 286 g/mol. The van der Waals surface area contributed by atoms with Crippen molar-refractivity contribution in [2.24, 2.45) is 0 Å². The Labute approximate surface area is 120 Å². The molecule has 0 spiro atoms. The first-order chi connectivity index (χ1) is 9.74. The van der Waals surface area contributed by atoms with E-state index in [0.717, 1.165) is 27.2 Å². The lowest BCUT2D eigenvalue weighted by atomic mass is 10.1. The summed E-state index contributed by atoms with van der Waals surface area (Å²) in [5.74, 6) is 0.735. The fourth-order valence-electron chi connectivity index (χ4n) is 1.92. The number of nitrogens with zero attached hydrogens (tertiary/aromatic N) is 1. The van der Waals surface area contributed by atoms with Crippen molar-refractivity contribution < 1.29 is 9.84 Å². The van der Waals surface area contributed by atoms with Gasteiger partial charge < -0.3 is 15.6 Å². The van der Waals surface area contributed by atoms with Gasteiger partial charge in [0.05, 0.1) is 10.2 Å². The number of benzene rings is 2. The number of hydrogen-bond acceptors (Lipinski definition) is 5. The Bertz CT molecular complexity index is 722. The van der Waals surface area contributed by atoms with Gasteiger partial charge in [-0.1, -0.05) is 23.5 Å². The number of anilines is 1. The van der Waals surface area contributed by atoms with Crippen molar-refractivity contribution in [2.75, 3.05) is 12.3 Å². The second-order valence-corrected chi connectivity index (χ2v) is 5.42. The number of aliphatic hydroxyl groups excluding tert-OH is 1. The molecule has 1 heterocycles. The number of ether oxygens (including phenoxy) is 1. The summed E-state index contributed by atoms with van der Waals surface area (Å²) in [4.78, 5) is 4.41. The van der Waals surface area contributed by atoms with Crippen LogP contribution < -0.4 is 10.5 Å². The molecule has 0 aliphatic rings. The van der Waals surface area contributed by atoms with Crippen LogP contribution in [0.15, 0.2) is 42.5 Å². The highest BCUT2D eigenvalue weighted by atomic mass is 32.1. The van der Waals surface area contributed by atoms with Crippen LogP contribution in [0.4, 0.5) is 5.69 Å². The van der Waals surface area contributed by atoms with Gasteiger partial charge in [0.1, 0.15) is 5.75 Å². The van der Waals surface area contributed by atoms with E-state index in [2.05, 4.69) is 4.98 Å². The first kappa shape index (κ1) is 12.9. The third-order valence-electron chi connectivity index (χ3n) is 2.92. The standard InChI is InChI=1S/C15H14N2O2S/c16-11-3-6-13-14(9-11)20-15(17-13)19-12-4-1-10(2-5-12)7-8-18/h1-6,9,18H,7-8,16H2. The highest BCUT2D eigenvalue weighted by molar-refractivity contribution is 7.20. The predicted molar refractivity (Wildman–Crippen MR) is 81.3 cm³/mol. The van der Waals surface area contributed by atoms with Crippen molar-refractivity contribution in [1.29, 1.82) is 0 Å². The van der Waals surface area contributed by atoms with Gasteiger partial charge in [0.15, 0.2) is 0 Å². The topological polar surface area (TPSA) is 68.4 Å². The van der Waals surface area contributed by atoms with E-state index >= 15 is 0 Å². The van der Waals surface area contributed by atoms with E-state index in [1.54, 1.807) is 0 Å². The minimum atomic E-state index is 0.152. The number of thiazole rings is 1. The quantitative estimate of drug-likeness (QED) is 0.723. The Kier molecular flexibility index (Phi) is 3.54. The molecular weight excluding hydrogens is 272 g/mol. The lowest BCUT2D eigenvalue weighted by molar-refractivity contribution is 0.299. The van der Waals surface area contributed by atoms with Gasteiger partial charge in [-0.05, 0) is 42.3 Å². The van der Waals surface area contributed by atoms with Gasteiger partial charge in [0, 0.05) is 12.3 Å². The number of rotatable bonds is 4. The van der Waals surface area contributed by atoms with Crippen LogP contribution in [-0.4, -0.2) is 16.7 Å². The van der Waals surface area contributed by atoms with Crippen molar-refractivity contribution in [3.63, 3.8) is 0 Å². The van der Waals surface area contributed by atoms with Crippen molar-refractivity contribution >= 4 is 27.2 Å². The van der Waals surface area contributed by atoms with Crippen LogP contribution in [0.2, 0.25) is 0 Å². The van der Waals surface area contributed by atoms with E-state index in [9.17, 15) is 0 Å². The number of nitrogen functional groups attached to an aromatic ring is 1. The zero-order valence-electron chi connectivity index (χ0n) is 10.7. The third-order valence-corrected chi connectivity index (χ3v) is 3.82. The molecule has 0 unspecified atom stereocenters. The van der Waals surface area contributed by atoms with Crippen LogP contribution in [0.3, 0.4) is 0 Å². The molecule has 102 valence electrons. The SMILES string of the molecule is Nc1ccc2nc(Oc3ccc(CCO)cc3)sc2c1. The minimum absolute atomic E-state index is 0.152. The van der Waals surface area contributed by atoms with Crippen molar-refractivity contribution in [2.45, 2.75) is 6.42 Å². The highest BCUT2D eigenvalue weighted by Gasteiger charge is 2.06. The van der Waals surface area contributed by atoms with Crippen LogP contribution in [0.1, 0.15) is 5.56 Å². The zero-order valence-corrected chi connectivity index (χ0v) is 11.6. The second kappa shape index (κ2) is 5.48. The van der Waals surface area contributed by atoms with Gasteiger partial charge in [0.2, 0.25) is 0 Å². The summed E-state index contributed by atoms with van der Waals surface area (Å²) >= 11 is 1.47. The van der Waals surface area contributed by atoms with E-state index < -0.39 is 0 Å². The van der Waals surface area contributed by atoms with Crippen LogP contribution in [-0.2, 0) is 6.42 Å². The van der Waals surface area contributed by atoms with E-state index in [-0.39, 0.29) is 6.61 Å². The fourth-order valence-corrected chi connectivity index (χ4v) is 2.80. The first-order valence-corrected chi connectivity index (χ1v) is 7.10. The van der Waals surface area contributed by atoms with Gasteiger partial charge >= 0.3 is 0 Å². The van der Waals surface area contributed by atoms with E-state index in [1.807, 2.05) is 42.5 Å². The average molecular weight is 286 g/mol. The average Bonchev–Trinajstić information content (AvgIpc) is 2.82. The maximum atomic E-state index is 8.88. The Morgan fingerprint density at radius 2 is 1.95 bits per heavy atom. The molecule has 0 amide bonds. The number of hydrogen-bond donors (Lipinski definition) is 2. The Hall–Kier alpha value is -2.11. The molecular formula is C15H14N2O2S. The Morgan fingerprint density at radius 3 is 2.70 bits per heavy atom. The van der Waals surface area contributed by atoms with Crippen molar-refractivity contribution in [3.8, 4) is 10.9 Å². The molecule has 0 fully saturated rings. The molecule has 1 aromatic heterocycles. The Morgan fingerprint density at radius 1 is 1.15 bits per heavy atom.